The summed E-state index contributed by atoms with van der Waals surface area (Å²) in [4.78, 5) is 11.9. The van der Waals surface area contributed by atoms with Crippen LogP contribution in [-0.2, 0) is 11.0 Å². The Labute approximate surface area is 147 Å². The fourth-order valence-electron chi connectivity index (χ4n) is 2.40. The van der Waals surface area contributed by atoms with E-state index in [1.807, 2.05) is 6.07 Å². The number of furan rings is 1. The number of halogens is 3. The lowest BCUT2D eigenvalue weighted by molar-refractivity contribution is -0.137. The lowest BCUT2D eigenvalue weighted by Crippen LogP contribution is -2.07. The van der Waals surface area contributed by atoms with Gasteiger partial charge >= 0.3 is 6.18 Å². The molecule has 1 heterocycles. The third kappa shape index (κ3) is 4.22. The van der Waals surface area contributed by atoms with Gasteiger partial charge in [0.15, 0.2) is 0 Å². The predicted molar refractivity (Wildman–Crippen MR) is 93.3 cm³/mol. The minimum Gasteiger partial charge on any atom is -0.457 e. The molecule has 6 heteroatoms. The van der Waals surface area contributed by atoms with Gasteiger partial charge in [-0.15, -0.1) is 0 Å². The van der Waals surface area contributed by atoms with E-state index in [9.17, 15) is 18.0 Å². The Morgan fingerprint density at radius 3 is 2.35 bits per heavy atom. The summed E-state index contributed by atoms with van der Waals surface area (Å²) >= 11 is 0. The van der Waals surface area contributed by atoms with Crippen LogP contribution in [0.2, 0.25) is 0 Å². The van der Waals surface area contributed by atoms with Crippen molar-refractivity contribution in [3.63, 3.8) is 0 Å². The zero-order valence-corrected chi connectivity index (χ0v) is 13.5. The van der Waals surface area contributed by atoms with Crippen LogP contribution in [0.15, 0.2) is 77.2 Å². The second-order valence-corrected chi connectivity index (χ2v) is 5.43. The summed E-state index contributed by atoms with van der Waals surface area (Å²) in [5, 5.41) is 2.66. The van der Waals surface area contributed by atoms with E-state index in [0.717, 1.165) is 6.07 Å². The smallest absolute Gasteiger partial charge is 0.417 e. The first-order chi connectivity index (χ1) is 12.4. The highest BCUT2D eigenvalue weighted by molar-refractivity contribution is 6.01. The molecule has 26 heavy (non-hydrogen) atoms. The molecule has 0 unspecified atom stereocenters. The Hall–Kier alpha value is -3.28. The van der Waals surface area contributed by atoms with Crippen LogP contribution in [0.4, 0.5) is 18.9 Å². The number of hydrogen-bond donors (Lipinski definition) is 1. The minimum atomic E-state index is -4.48. The molecule has 2 aromatic carbocycles. The molecule has 132 valence electrons. The molecular weight excluding hydrogens is 343 g/mol. The van der Waals surface area contributed by atoms with Crippen molar-refractivity contribution in [2.75, 3.05) is 5.32 Å². The molecule has 0 spiro atoms. The molecule has 0 aliphatic heterocycles. The molecule has 0 radical (unpaired) electrons. The number of carbonyl (C=O) groups is 1. The summed E-state index contributed by atoms with van der Waals surface area (Å²) in [6, 6.07) is 17.0. The molecule has 0 aliphatic carbocycles. The summed E-state index contributed by atoms with van der Waals surface area (Å²) in [7, 11) is 0. The number of rotatable bonds is 4. The van der Waals surface area contributed by atoms with Gasteiger partial charge < -0.3 is 9.73 Å². The van der Waals surface area contributed by atoms with Crippen molar-refractivity contribution in [3.05, 3.63) is 84.1 Å². The minimum absolute atomic E-state index is 0.0478. The average molecular weight is 357 g/mol. The third-order valence-corrected chi connectivity index (χ3v) is 3.57. The second-order valence-electron chi connectivity index (χ2n) is 5.43. The maximum absolute atomic E-state index is 13.1. The molecule has 3 nitrogen and oxygen atoms in total. The summed E-state index contributed by atoms with van der Waals surface area (Å²) in [5.74, 6) is -0.00827. The van der Waals surface area contributed by atoms with E-state index in [-0.39, 0.29) is 23.0 Å². The lowest BCUT2D eigenvalue weighted by atomic mass is 10.1. The van der Waals surface area contributed by atoms with Gasteiger partial charge in [-0.1, -0.05) is 36.4 Å². The van der Waals surface area contributed by atoms with Crippen LogP contribution >= 0.6 is 0 Å². The van der Waals surface area contributed by atoms with Crippen molar-refractivity contribution in [2.45, 2.75) is 6.18 Å². The lowest BCUT2D eigenvalue weighted by Gasteiger charge is -2.10. The molecule has 0 saturated carbocycles. The first-order valence-corrected chi connectivity index (χ1v) is 7.74. The zero-order chi connectivity index (χ0) is 18.6. The van der Waals surface area contributed by atoms with E-state index in [1.165, 1.54) is 42.5 Å². The Kier molecular flexibility index (Phi) is 4.93. The molecular formula is C20H14F3NO2. The molecule has 0 fully saturated rings. The van der Waals surface area contributed by atoms with Crippen LogP contribution in [0.1, 0.15) is 11.3 Å². The fourth-order valence-corrected chi connectivity index (χ4v) is 2.40. The van der Waals surface area contributed by atoms with E-state index in [2.05, 4.69) is 5.32 Å². The Morgan fingerprint density at radius 2 is 1.62 bits per heavy atom. The molecule has 3 aromatic rings. The summed E-state index contributed by atoms with van der Waals surface area (Å²) in [6.07, 6.45) is -1.82. The van der Waals surface area contributed by atoms with Gasteiger partial charge in [-0.25, -0.2) is 0 Å². The first-order valence-electron chi connectivity index (χ1n) is 7.74. The predicted octanol–water partition coefficient (Wildman–Crippen LogP) is 5.62. The SMILES string of the molecule is O=C(/C=C/c1ccc(-c2ccccc2C(F)(F)F)o1)Nc1ccccc1. The highest BCUT2D eigenvalue weighted by Gasteiger charge is 2.34. The summed E-state index contributed by atoms with van der Waals surface area (Å²) < 4.78 is 44.7. The van der Waals surface area contributed by atoms with Gasteiger partial charge in [0, 0.05) is 17.3 Å². The Bertz CT molecular complexity index is 927. The Balaban J connectivity index is 1.76. The maximum Gasteiger partial charge on any atom is 0.417 e. The third-order valence-electron chi connectivity index (χ3n) is 3.57. The quantitative estimate of drug-likeness (QED) is 0.616. The van der Waals surface area contributed by atoms with E-state index in [1.54, 1.807) is 24.3 Å². The second kappa shape index (κ2) is 7.31. The van der Waals surface area contributed by atoms with Crippen molar-refractivity contribution in [1.82, 2.24) is 0 Å². The van der Waals surface area contributed by atoms with Crippen molar-refractivity contribution in [2.24, 2.45) is 0 Å². The van der Waals surface area contributed by atoms with Crippen LogP contribution in [0.5, 0.6) is 0 Å². The monoisotopic (exact) mass is 357 g/mol. The van der Waals surface area contributed by atoms with Gasteiger partial charge in [-0.3, -0.25) is 4.79 Å². The molecule has 0 atom stereocenters. The van der Waals surface area contributed by atoms with Crippen molar-refractivity contribution >= 4 is 17.7 Å². The van der Waals surface area contributed by atoms with Crippen LogP contribution in [0.3, 0.4) is 0 Å². The molecule has 0 bridgehead atoms. The van der Waals surface area contributed by atoms with E-state index in [0.29, 0.717) is 5.69 Å². The van der Waals surface area contributed by atoms with Crippen LogP contribution < -0.4 is 5.32 Å². The van der Waals surface area contributed by atoms with Gasteiger partial charge in [0.2, 0.25) is 5.91 Å². The standard InChI is InChI=1S/C20H14F3NO2/c21-20(22,23)17-9-5-4-8-16(17)18-12-10-15(26-18)11-13-19(25)24-14-6-2-1-3-7-14/h1-13H,(H,24,25)/b13-11+. The molecule has 1 N–H and O–H groups in total. The van der Waals surface area contributed by atoms with Gasteiger partial charge in [-0.2, -0.15) is 13.2 Å². The maximum atomic E-state index is 13.1. The van der Waals surface area contributed by atoms with Gasteiger partial charge in [0.1, 0.15) is 11.5 Å². The average Bonchev–Trinajstić information content (AvgIpc) is 3.09. The van der Waals surface area contributed by atoms with Crippen molar-refractivity contribution < 1.29 is 22.4 Å². The number of anilines is 1. The highest BCUT2D eigenvalue weighted by Crippen LogP contribution is 2.37. The van der Waals surface area contributed by atoms with Crippen LogP contribution in [0.25, 0.3) is 17.4 Å². The van der Waals surface area contributed by atoms with E-state index >= 15 is 0 Å². The number of carbonyl (C=O) groups excluding carboxylic acids is 1. The molecule has 1 aromatic heterocycles. The molecule has 0 aliphatic rings. The zero-order valence-electron chi connectivity index (χ0n) is 13.5. The topological polar surface area (TPSA) is 42.2 Å². The number of amides is 1. The summed E-state index contributed by atoms with van der Waals surface area (Å²) in [5.41, 5.74) is -0.179. The molecule has 3 rings (SSSR count). The fraction of sp³-hybridized carbons (Fsp3) is 0.0500. The normalized spacial score (nSPS) is 11.7. The number of alkyl halides is 3. The van der Waals surface area contributed by atoms with Crippen molar-refractivity contribution in [1.29, 1.82) is 0 Å². The molecule has 0 saturated heterocycles. The number of nitrogens with one attached hydrogen (secondary N) is 1. The number of para-hydroxylation sites is 1. The Morgan fingerprint density at radius 1 is 0.923 bits per heavy atom. The van der Waals surface area contributed by atoms with Crippen LogP contribution in [0, 0.1) is 0 Å². The highest BCUT2D eigenvalue weighted by atomic mass is 19.4. The van der Waals surface area contributed by atoms with E-state index < -0.39 is 11.7 Å². The van der Waals surface area contributed by atoms with Gasteiger partial charge in [0.05, 0.1) is 5.56 Å². The van der Waals surface area contributed by atoms with Gasteiger partial charge in [0.25, 0.3) is 0 Å². The number of hydrogen-bond acceptors (Lipinski definition) is 2. The van der Waals surface area contributed by atoms with E-state index in [4.69, 9.17) is 4.42 Å². The molecule has 1 amide bonds. The first kappa shape index (κ1) is 17.5. The van der Waals surface area contributed by atoms with Gasteiger partial charge in [-0.05, 0) is 36.4 Å². The summed E-state index contributed by atoms with van der Waals surface area (Å²) in [6.45, 7) is 0. The van der Waals surface area contributed by atoms with Crippen LogP contribution in [-0.4, -0.2) is 5.91 Å². The largest absolute Gasteiger partial charge is 0.457 e. The number of benzene rings is 2. The van der Waals surface area contributed by atoms with Crippen molar-refractivity contribution in [3.8, 4) is 11.3 Å².